The molecule has 0 bridgehead atoms. The standard InChI is InChI=1S/C20H24N2O2/c1-4-13-24-20(23)22-19(17-11-7-15(3)8-12-17)18(21)16-9-5-14(2)6-10-16/h4-12,18-19H,1,13,21H2,2-3H3,(H,22,23)/t18-,19+/m1/s1. The summed E-state index contributed by atoms with van der Waals surface area (Å²) in [5, 5.41) is 2.87. The molecule has 0 aliphatic carbocycles. The molecule has 0 aromatic heterocycles. The minimum Gasteiger partial charge on any atom is -0.445 e. The number of hydrogen-bond donors (Lipinski definition) is 2. The summed E-state index contributed by atoms with van der Waals surface area (Å²) in [6.45, 7) is 7.74. The average molecular weight is 324 g/mol. The molecular formula is C20H24N2O2. The van der Waals surface area contributed by atoms with Gasteiger partial charge in [-0.2, -0.15) is 0 Å². The third-order valence-electron chi connectivity index (χ3n) is 3.86. The van der Waals surface area contributed by atoms with E-state index < -0.39 is 6.09 Å². The summed E-state index contributed by atoms with van der Waals surface area (Å²) in [5.41, 5.74) is 10.6. The van der Waals surface area contributed by atoms with Gasteiger partial charge in [0.15, 0.2) is 0 Å². The Balaban J connectivity index is 2.27. The minimum absolute atomic E-state index is 0.159. The van der Waals surface area contributed by atoms with Crippen molar-refractivity contribution in [1.29, 1.82) is 0 Å². The highest BCUT2D eigenvalue weighted by Gasteiger charge is 2.24. The fraction of sp³-hybridized carbons (Fsp3) is 0.250. The molecule has 0 aliphatic heterocycles. The zero-order valence-corrected chi connectivity index (χ0v) is 14.2. The predicted molar refractivity (Wildman–Crippen MR) is 96.7 cm³/mol. The third-order valence-corrected chi connectivity index (χ3v) is 3.86. The smallest absolute Gasteiger partial charge is 0.407 e. The van der Waals surface area contributed by atoms with Crippen LogP contribution in [0.1, 0.15) is 34.3 Å². The molecule has 2 aromatic rings. The topological polar surface area (TPSA) is 64.3 Å². The van der Waals surface area contributed by atoms with Gasteiger partial charge >= 0.3 is 6.09 Å². The van der Waals surface area contributed by atoms with Crippen molar-refractivity contribution in [2.75, 3.05) is 6.61 Å². The number of carbonyl (C=O) groups excluding carboxylic acids is 1. The summed E-state index contributed by atoms with van der Waals surface area (Å²) in [4.78, 5) is 12.0. The van der Waals surface area contributed by atoms with Crippen molar-refractivity contribution < 1.29 is 9.53 Å². The molecule has 0 spiro atoms. The van der Waals surface area contributed by atoms with Crippen LogP contribution in [0.5, 0.6) is 0 Å². The van der Waals surface area contributed by atoms with Gasteiger partial charge in [-0.05, 0) is 25.0 Å². The Hall–Kier alpha value is -2.59. The number of nitrogens with one attached hydrogen (secondary N) is 1. The molecule has 0 saturated heterocycles. The molecule has 2 aromatic carbocycles. The first-order chi connectivity index (χ1) is 11.5. The zero-order valence-electron chi connectivity index (χ0n) is 14.2. The van der Waals surface area contributed by atoms with Gasteiger partial charge in [0.1, 0.15) is 6.61 Å². The molecule has 126 valence electrons. The Labute approximate surface area is 143 Å². The van der Waals surface area contributed by atoms with Gasteiger partial charge in [0, 0.05) is 0 Å². The van der Waals surface area contributed by atoms with E-state index in [0.29, 0.717) is 0 Å². The molecule has 2 rings (SSSR count). The second-order valence-electron chi connectivity index (χ2n) is 5.86. The second kappa shape index (κ2) is 8.31. The highest BCUT2D eigenvalue weighted by Crippen LogP contribution is 2.27. The van der Waals surface area contributed by atoms with E-state index in [4.69, 9.17) is 10.5 Å². The van der Waals surface area contributed by atoms with Crippen LogP contribution in [0.15, 0.2) is 61.2 Å². The molecule has 4 nitrogen and oxygen atoms in total. The highest BCUT2D eigenvalue weighted by atomic mass is 16.5. The number of rotatable bonds is 6. The Kier molecular flexibility index (Phi) is 6.15. The number of hydrogen-bond acceptors (Lipinski definition) is 3. The molecule has 24 heavy (non-hydrogen) atoms. The van der Waals surface area contributed by atoms with Crippen LogP contribution in [-0.2, 0) is 4.74 Å². The van der Waals surface area contributed by atoms with Crippen LogP contribution < -0.4 is 11.1 Å². The Bertz CT molecular complexity index is 678. The van der Waals surface area contributed by atoms with Crippen LogP contribution >= 0.6 is 0 Å². The number of alkyl carbamates (subject to hydrolysis) is 1. The van der Waals surface area contributed by atoms with E-state index in [0.717, 1.165) is 22.3 Å². The lowest BCUT2D eigenvalue weighted by Gasteiger charge is -2.26. The van der Waals surface area contributed by atoms with E-state index in [9.17, 15) is 4.79 Å². The number of aryl methyl sites for hydroxylation is 2. The van der Waals surface area contributed by atoms with Crippen LogP contribution in [0.3, 0.4) is 0 Å². The summed E-state index contributed by atoms with van der Waals surface area (Å²) in [5.74, 6) is 0. The van der Waals surface area contributed by atoms with E-state index in [-0.39, 0.29) is 18.7 Å². The van der Waals surface area contributed by atoms with Gasteiger partial charge in [0.25, 0.3) is 0 Å². The molecular weight excluding hydrogens is 300 g/mol. The molecule has 0 aliphatic rings. The van der Waals surface area contributed by atoms with E-state index in [2.05, 4.69) is 11.9 Å². The fourth-order valence-corrected chi connectivity index (χ4v) is 2.44. The predicted octanol–water partition coefficient (Wildman–Crippen LogP) is 3.96. The molecule has 4 heteroatoms. The first-order valence-electron chi connectivity index (χ1n) is 7.94. The van der Waals surface area contributed by atoms with Gasteiger partial charge in [-0.3, -0.25) is 0 Å². The number of amides is 1. The van der Waals surface area contributed by atoms with Gasteiger partial charge in [0.2, 0.25) is 0 Å². The van der Waals surface area contributed by atoms with Gasteiger partial charge < -0.3 is 15.8 Å². The van der Waals surface area contributed by atoms with E-state index >= 15 is 0 Å². The lowest BCUT2D eigenvalue weighted by atomic mass is 9.93. The van der Waals surface area contributed by atoms with Crippen molar-refractivity contribution in [2.24, 2.45) is 5.73 Å². The van der Waals surface area contributed by atoms with Gasteiger partial charge in [-0.1, -0.05) is 72.3 Å². The first kappa shape index (κ1) is 17.8. The van der Waals surface area contributed by atoms with Gasteiger partial charge in [-0.15, -0.1) is 0 Å². The Morgan fingerprint density at radius 1 is 1.08 bits per heavy atom. The van der Waals surface area contributed by atoms with Crippen molar-refractivity contribution in [3.05, 3.63) is 83.4 Å². The van der Waals surface area contributed by atoms with Crippen LogP contribution in [0.2, 0.25) is 0 Å². The van der Waals surface area contributed by atoms with E-state index in [1.165, 1.54) is 6.08 Å². The number of nitrogens with two attached hydrogens (primary N) is 1. The molecule has 3 N–H and O–H groups in total. The summed E-state index contributed by atoms with van der Waals surface area (Å²) in [6, 6.07) is 15.2. The largest absolute Gasteiger partial charge is 0.445 e. The van der Waals surface area contributed by atoms with E-state index in [1.54, 1.807) is 0 Å². The molecule has 0 heterocycles. The SMILES string of the molecule is C=CCOC(=O)N[C@@H](c1ccc(C)cc1)[C@H](N)c1ccc(C)cc1. The fourth-order valence-electron chi connectivity index (χ4n) is 2.44. The molecule has 0 unspecified atom stereocenters. The molecule has 0 radical (unpaired) electrons. The highest BCUT2D eigenvalue weighted by molar-refractivity contribution is 5.68. The quantitative estimate of drug-likeness (QED) is 0.791. The summed E-state index contributed by atoms with van der Waals surface area (Å²) >= 11 is 0. The first-order valence-corrected chi connectivity index (χ1v) is 7.94. The molecule has 0 fully saturated rings. The monoisotopic (exact) mass is 324 g/mol. The number of benzene rings is 2. The third kappa shape index (κ3) is 4.70. The van der Waals surface area contributed by atoms with Gasteiger partial charge in [-0.25, -0.2) is 4.79 Å². The van der Waals surface area contributed by atoms with Crippen molar-refractivity contribution >= 4 is 6.09 Å². The van der Waals surface area contributed by atoms with Crippen LogP contribution in [-0.4, -0.2) is 12.7 Å². The maximum atomic E-state index is 12.0. The maximum absolute atomic E-state index is 12.0. The Morgan fingerprint density at radius 3 is 2.08 bits per heavy atom. The van der Waals surface area contributed by atoms with Crippen LogP contribution in [0.4, 0.5) is 4.79 Å². The summed E-state index contributed by atoms with van der Waals surface area (Å²) < 4.78 is 5.05. The van der Waals surface area contributed by atoms with Crippen LogP contribution in [0.25, 0.3) is 0 Å². The molecule has 0 saturated carbocycles. The lowest BCUT2D eigenvalue weighted by Crippen LogP contribution is -2.36. The maximum Gasteiger partial charge on any atom is 0.407 e. The molecule has 2 atom stereocenters. The minimum atomic E-state index is -0.511. The summed E-state index contributed by atoms with van der Waals surface area (Å²) in [6.07, 6.45) is 1.02. The normalized spacial score (nSPS) is 13.0. The van der Waals surface area contributed by atoms with Crippen molar-refractivity contribution in [2.45, 2.75) is 25.9 Å². The number of carbonyl (C=O) groups is 1. The van der Waals surface area contributed by atoms with Crippen molar-refractivity contribution in [1.82, 2.24) is 5.32 Å². The van der Waals surface area contributed by atoms with Crippen molar-refractivity contribution in [3.63, 3.8) is 0 Å². The van der Waals surface area contributed by atoms with Gasteiger partial charge in [0.05, 0.1) is 12.1 Å². The Morgan fingerprint density at radius 2 is 1.58 bits per heavy atom. The lowest BCUT2D eigenvalue weighted by molar-refractivity contribution is 0.152. The van der Waals surface area contributed by atoms with Crippen molar-refractivity contribution in [3.8, 4) is 0 Å². The van der Waals surface area contributed by atoms with E-state index in [1.807, 2.05) is 62.4 Å². The molecule has 1 amide bonds. The van der Waals surface area contributed by atoms with Crippen LogP contribution in [0, 0.1) is 13.8 Å². The average Bonchev–Trinajstić information content (AvgIpc) is 2.59. The zero-order chi connectivity index (χ0) is 17.5. The second-order valence-corrected chi connectivity index (χ2v) is 5.86. The number of ether oxygens (including phenoxy) is 1. The summed E-state index contributed by atoms with van der Waals surface area (Å²) in [7, 11) is 0.